The van der Waals surface area contributed by atoms with Crippen molar-refractivity contribution >= 4 is 17.7 Å². The van der Waals surface area contributed by atoms with Crippen LogP contribution >= 0.6 is 0 Å². The second-order valence-corrected chi connectivity index (χ2v) is 9.61. The highest BCUT2D eigenvalue weighted by molar-refractivity contribution is 6.05. The van der Waals surface area contributed by atoms with Crippen molar-refractivity contribution in [2.45, 2.75) is 50.7 Å². The number of piperidine rings is 2. The fraction of sp³-hybridized carbons (Fsp3) is 0.407. The fourth-order valence-electron chi connectivity index (χ4n) is 5.61. The summed E-state index contributed by atoms with van der Waals surface area (Å²) in [5.74, 6) is -0.828. The number of likely N-dealkylation sites (tertiary alicyclic amines) is 1. The number of benzene rings is 2. The lowest BCUT2D eigenvalue weighted by Crippen LogP contribution is -2.52. The standard InChI is InChI=1S/C27H27FN4O4/c1-36-24-10-16(13-29)2-3-18(24)14-31-8-6-17(7-9-31)20-11-19(28)12-21-22(20)15-32(27(21)35)23-4-5-25(33)30-26(23)34/h2-3,10-12,17,23H,4-9,14-15H2,1H3,(H,30,33,34). The number of ether oxygens (including phenoxy) is 1. The average molecular weight is 491 g/mol. The summed E-state index contributed by atoms with van der Waals surface area (Å²) in [6.07, 6.45) is 2.07. The van der Waals surface area contributed by atoms with Crippen molar-refractivity contribution in [1.29, 1.82) is 5.26 Å². The van der Waals surface area contributed by atoms with Gasteiger partial charge in [-0.3, -0.25) is 24.6 Å². The molecule has 2 fully saturated rings. The maximum Gasteiger partial charge on any atom is 0.255 e. The van der Waals surface area contributed by atoms with Gasteiger partial charge in [0.1, 0.15) is 17.6 Å². The first-order valence-corrected chi connectivity index (χ1v) is 12.1. The van der Waals surface area contributed by atoms with Gasteiger partial charge in [0.05, 0.1) is 18.7 Å². The van der Waals surface area contributed by atoms with Crippen LogP contribution in [0.1, 0.15) is 64.2 Å². The quantitative estimate of drug-likeness (QED) is 0.647. The predicted molar refractivity (Wildman–Crippen MR) is 127 cm³/mol. The second-order valence-electron chi connectivity index (χ2n) is 9.61. The summed E-state index contributed by atoms with van der Waals surface area (Å²) in [5, 5.41) is 11.4. The number of nitrogens with zero attached hydrogens (tertiary/aromatic N) is 3. The van der Waals surface area contributed by atoms with Crippen molar-refractivity contribution in [2.24, 2.45) is 0 Å². The van der Waals surface area contributed by atoms with E-state index in [1.807, 2.05) is 6.07 Å². The zero-order chi connectivity index (χ0) is 25.4. The molecule has 2 aromatic carbocycles. The summed E-state index contributed by atoms with van der Waals surface area (Å²) < 4.78 is 20.1. The summed E-state index contributed by atoms with van der Waals surface area (Å²) in [4.78, 5) is 40.8. The number of hydrogen-bond acceptors (Lipinski definition) is 6. The first-order chi connectivity index (χ1) is 17.4. The molecule has 9 heteroatoms. The van der Waals surface area contributed by atoms with Crippen LogP contribution in [-0.2, 0) is 22.7 Å². The highest BCUT2D eigenvalue weighted by Crippen LogP contribution is 2.38. The van der Waals surface area contributed by atoms with Gasteiger partial charge in [-0.15, -0.1) is 0 Å². The third-order valence-electron chi connectivity index (χ3n) is 7.49. The van der Waals surface area contributed by atoms with Gasteiger partial charge in [0.25, 0.3) is 5.91 Å². The van der Waals surface area contributed by atoms with Crippen molar-refractivity contribution < 1.29 is 23.5 Å². The molecule has 0 radical (unpaired) electrons. The number of hydrogen-bond donors (Lipinski definition) is 1. The van der Waals surface area contributed by atoms with E-state index in [9.17, 15) is 18.8 Å². The molecule has 36 heavy (non-hydrogen) atoms. The summed E-state index contributed by atoms with van der Waals surface area (Å²) in [7, 11) is 1.59. The van der Waals surface area contributed by atoms with Crippen LogP contribution in [0.5, 0.6) is 5.75 Å². The molecule has 3 aliphatic heterocycles. The van der Waals surface area contributed by atoms with E-state index in [0.717, 1.165) is 42.6 Å². The molecule has 2 aromatic rings. The molecule has 0 bridgehead atoms. The highest BCUT2D eigenvalue weighted by Gasteiger charge is 2.41. The Kier molecular flexibility index (Phi) is 6.46. The minimum absolute atomic E-state index is 0.100. The normalized spacial score (nSPS) is 20.8. The van der Waals surface area contributed by atoms with Gasteiger partial charge >= 0.3 is 0 Å². The van der Waals surface area contributed by atoms with Crippen molar-refractivity contribution in [2.75, 3.05) is 20.2 Å². The van der Waals surface area contributed by atoms with Crippen LogP contribution in [-0.4, -0.2) is 53.8 Å². The van der Waals surface area contributed by atoms with E-state index in [2.05, 4.69) is 16.3 Å². The van der Waals surface area contributed by atoms with Crippen LogP contribution < -0.4 is 10.1 Å². The van der Waals surface area contributed by atoms with E-state index in [1.165, 1.54) is 17.0 Å². The average Bonchev–Trinajstić information content (AvgIpc) is 3.20. The van der Waals surface area contributed by atoms with Gasteiger partial charge < -0.3 is 9.64 Å². The smallest absolute Gasteiger partial charge is 0.255 e. The number of rotatable bonds is 5. The molecule has 1 atom stereocenters. The SMILES string of the molecule is COc1cc(C#N)ccc1CN1CCC(c2cc(F)cc3c2CN(C2CCC(=O)NC2=O)C3=O)CC1. The Bertz CT molecular complexity index is 1280. The molecule has 1 N–H and O–H groups in total. The molecule has 0 aliphatic carbocycles. The van der Waals surface area contributed by atoms with E-state index >= 15 is 0 Å². The van der Waals surface area contributed by atoms with Crippen molar-refractivity contribution in [1.82, 2.24) is 15.1 Å². The minimum atomic E-state index is -0.720. The zero-order valence-corrected chi connectivity index (χ0v) is 20.1. The molecular formula is C27H27FN4O4. The Hall–Kier alpha value is -3.77. The largest absolute Gasteiger partial charge is 0.496 e. The number of amides is 3. The molecule has 5 rings (SSSR count). The third kappa shape index (κ3) is 4.44. The molecule has 0 saturated carbocycles. The number of halogens is 1. The summed E-state index contributed by atoms with van der Waals surface area (Å²) in [6.45, 7) is 2.52. The molecule has 8 nitrogen and oxygen atoms in total. The summed E-state index contributed by atoms with van der Waals surface area (Å²) in [6, 6.07) is 9.64. The van der Waals surface area contributed by atoms with Gasteiger partial charge in [0.2, 0.25) is 11.8 Å². The lowest BCUT2D eigenvalue weighted by atomic mass is 9.85. The lowest BCUT2D eigenvalue weighted by molar-refractivity contribution is -0.136. The van der Waals surface area contributed by atoms with E-state index in [1.54, 1.807) is 19.2 Å². The van der Waals surface area contributed by atoms with Crippen LogP contribution in [0.3, 0.4) is 0 Å². The van der Waals surface area contributed by atoms with E-state index in [0.29, 0.717) is 23.4 Å². The maximum absolute atomic E-state index is 14.6. The third-order valence-corrected chi connectivity index (χ3v) is 7.49. The van der Waals surface area contributed by atoms with Crippen molar-refractivity contribution in [3.8, 4) is 11.8 Å². The van der Waals surface area contributed by atoms with Crippen LogP contribution in [0.2, 0.25) is 0 Å². The van der Waals surface area contributed by atoms with Gasteiger partial charge in [-0.25, -0.2) is 4.39 Å². The molecule has 0 aromatic heterocycles. The molecule has 3 aliphatic rings. The van der Waals surface area contributed by atoms with Crippen LogP contribution in [0.4, 0.5) is 4.39 Å². The number of methoxy groups -OCH3 is 1. The number of fused-ring (bicyclic) bond motifs is 1. The van der Waals surface area contributed by atoms with Gasteiger partial charge in [-0.05, 0) is 73.7 Å². The Morgan fingerprint density at radius 1 is 1.14 bits per heavy atom. The fourth-order valence-corrected chi connectivity index (χ4v) is 5.61. The van der Waals surface area contributed by atoms with E-state index in [-0.39, 0.29) is 37.1 Å². The van der Waals surface area contributed by atoms with Crippen LogP contribution in [0, 0.1) is 17.1 Å². The Morgan fingerprint density at radius 3 is 2.61 bits per heavy atom. The second kappa shape index (κ2) is 9.70. The van der Waals surface area contributed by atoms with E-state index in [4.69, 9.17) is 10.00 Å². The maximum atomic E-state index is 14.6. The molecule has 3 amide bonds. The van der Waals surface area contributed by atoms with Crippen molar-refractivity contribution in [3.05, 3.63) is 64.0 Å². The molecule has 2 saturated heterocycles. The number of nitriles is 1. The molecule has 0 spiro atoms. The minimum Gasteiger partial charge on any atom is -0.496 e. The topological polar surface area (TPSA) is 103 Å². The highest BCUT2D eigenvalue weighted by atomic mass is 19.1. The summed E-state index contributed by atoms with van der Waals surface area (Å²) in [5.41, 5.74) is 3.50. The molecular weight excluding hydrogens is 463 g/mol. The van der Waals surface area contributed by atoms with Crippen molar-refractivity contribution in [3.63, 3.8) is 0 Å². The molecule has 1 unspecified atom stereocenters. The number of imide groups is 1. The number of carbonyl (C=O) groups is 3. The predicted octanol–water partition coefficient (Wildman–Crippen LogP) is 2.85. The van der Waals surface area contributed by atoms with E-state index < -0.39 is 17.8 Å². The monoisotopic (exact) mass is 490 g/mol. The first kappa shape index (κ1) is 23.9. The summed E-state index contributed by atoms with van der Waals surface area (Å²) >= 11 is 0. The lowest BCUT2D eigenvalue weighted by Gasteiger charge is -2.33. The zero-order valence-electron chi connectivity index (χ0n) is 20.1. The number of carbonyl (C=O) groups excluding carboxylic acids is 3. The van der Waals surface area contributed by atoms with Gasteiger partial charge in [0.15, 0.2) is 0 Å². The first-order valence-electron chi connectivity index (χ1n) is 12.1. The Labute approximate surface area is 208 Å². The van der Waals surface area contributed by atoms with Crippen LogP contribution in [0.15, 0.2) is 30.3 Å². The Morgan fingerprint density at radius 2 is 1.92 bits per heavy atom. The van der Waals surface area contributed by atoms with Gasteiger partial charge in [-0.2, -0.15) is 5.26 Å². The van der Waals surface area contributed by atoms with Gasteiger partial charge in [-0.1, -0.05) is 6.07 Å². The Balaban J connectivity index is 1.30. The van der Waals surface area contributed by atoms with Crippen LogP contribution in [0.25, 0.3) is 0 Å². The van der Waals surface area contributed by atoms with Gasteiger partial charge in [0, 0.05) is 30.6 Å². The molecule has 3 heterocycles. The number of nitrogens with one attached hydrogen (secondary N) is 1. The molecule has 186 valence electrons.